The fourth-order valence-electron chi connectivity index (χ4n) is 0.927. The van der Waals surface area contributed by atoms with Crippen molar-refractivity contribution in [3.8, 4) is 0 Å². The SMILES string of the molecule is [2H]C([2H])([2H])CC(C)C(=O)OCCCCCC. The van der Waals surface area contributed by atoms with E-state index in [-0.39, 0.29) is 6.42 Å². The first-order valence-electron chi connectivity index (χ1n) is 6.53. The Morgan fingerprint density at radius 2 is 2.23 bits per heavy atom. The molecule has 1 atom stereocenters. The fraction of sp³-hybridized carbons (Fsp3) is 0.909. The Balaban J connectivity index is 3.64. The predicted molar refractivity (Wildman–Crippen MR) is 54.6 cm³/mol. The summed E-state index contributed by atoms with van der Waals surface area (Å²) in [5.41, 5.74) is 0. The first kappa shape index (κ1) is 7.84. The predicted octanol–water partition coefficient (Wildman–Crippen LogP) is 3.16. The summed E-state index contributed by atoms with van der Waals surface area (Å²) in [5, 5.41) is 0. The normalized spacial score (nSPS) is 16.9. The second-order valence-corrected chi connectivity index (χ2v) is 3.33. The van der Waals surface area contributed by atoms with Gasteiger partial charge in [-0.2, -0.15) is 0 Å². The number of hydrogen-bond donors (Lipinski definition) is 0. The zero-order valence-corrected chi connectivity index (χ0v) is 8.64. The summed E-state index contributed by atoms with van der Waals surface area (Å²) in [4.78, 5) is 11.4. The van der Waals surface area contributed by atoms with Gasteiger partial charge in [0, 0.05) is 4.11 Å². The van der Waals surface area contributed by atoms with Gasteiger partial charge in [-0.3, -0.25) is 4.79 Å². The van der Waals surface area contributed by atoms with Gasteiger partial charge in [0.05, 0.1) is 12.5 Å². The van der Waals surface area contributed by atoms with Crippen molar-refractivity contribution in [3.05, 3.63) is 0 Å². The molecular weight excluding hydrogens is 164 g/mol. The third-order valence-electron chi connectivity index (χ3n) is 1.95. The van der Waals surface area contributed by atoms with Crippen LogP contribution in [-0.4, -0.2) is 12.6 Å². The molecule has 0 heterocycles. The minimum Gasteiger partial charge on any atom is -0.465 e. The van der Waals surface area contributed by atoms with E-state index in [1.807, 2.05) is 0 Å². The Bertz CT molecular complexity index is 202. The molecule has 0 aliphatic heterocycles. The van der Waals surface area contributed by atoms with Gasteiger partial charge in [-0.1, -0.05) is 40.0 Å². The monoisotopic (exact) mass is 189 g/mol. The standard InChI is InChI=1S/C11H22O2/c1-4-6-7-8-9-13-11(12)10(3)5-2/h10H,4-9H2,1-3H3/i2D3. The van der Waals surface area contributed by atoms with Crippen molar-refractivity contribution in [2.24, 2.45) is 5.92 Å². The van der Waals surface area contributed by atoms with Crippen LogP contribution in [0, 0.1) is 5.92 Å². The number of rotatable bonds is 7. The van der Waals surface area contributed by atoms with E-state index in [0.717, 1.165) is 25.7 Å². The van der Waals surface area contributed by atoms with E-state index >= 15 is 0 Å². The molecule has 0 spiro atoms. The molecule has 1 unspecified atom stereocenters. The molecule has 78 valence electrons. The van der Waals surface area contributed by atoms with Crippen molar-refractivity contribution >= 4 is 5.97 Å². The zero-order chi connectivity index (χ0) is 12.6. The summed E-state index contributed by atoms with van der Waals surface area (Å²) in [6.07, 6.45) is 4.09. The van der Waals surface area contributed by atoms with E-state index in [2.05, 4.69) is 6.92 Å². The topological polar surface area (TPSA) is 26.3 Å². The highest BCUT2D eigenvalue weighted by Crippen LogP contribution is 2.05. The average Bonchev–Trinajstić information content (AvgIpc) is 2.14. The first-order chi connectivity index (χ1) is 7.37. The van der Waals surface area contributed by atoms with Crippen LogP contribution in [0.4, 0.5) is 0 Å². The van der Waals surface area contributed by atoms with Gasteiger partial charge >= 0.3 is 5.97 Å². The highest BCUT2D eigenvalue weighted by Gasteiger charge is 2.10. The zero-order valence-electron chi connectivity index (χ0n) is 11.6. The van der Waals surface area contributed by atoms with Crippen molar-refractivity contribution in [1.29, 1.82) is 0 Å². The number of ether oxygens (including phenoxy) is 1. The maximum Gasteiger partial charge on any atom is 0.308 e. The molecule has 0 fully saturated rings. The Kier molecular flexibility index (Phi) is 4.87. The summed E-state index contributed by atoms with van der Waals surface area (Å²) >= 11 is 0. The molecular formula is C11H22O2. The van der Waals surface area contributed by atoms with E-state index in [4.69, 9.17) is 8.85 Å². The van der Waals surface area contributed by atoms with E-state index in [0.29, 0.717) is 6.61 Å². The maximum atomic E-state index is 11.4. The van der Waals surface area contributed by atoms with E-state index < -0.39 is 18.7 Å². The van der Waals surface area contributed by atoms with Crippen LogP contribution in [0.15, 0.2) is 0 Å². The Labute approximate surface area is 85.9 Å². The van der Waals surface area contributed by atoms with Crippen LogP contribution in [0.1, 0.15) is 56.9 Å². The van der Waals surface area contributed by atoms with Gasteiger partial charge in [-0.05, 0) is 12.8 Å². The van der Waals surface area contributed by atoms with Crippen LogP contribution in [0.5, 0.6) is 0 Å². The molecule has 0 aromatic rings. The Hall–Kier alpha value is -0.530. The van der Waals surface area contributed by atoms with Gasteiger partial charge in [0.2, 0.25) is 0 Å². The molecule has 2 heteroatoms. The fourth-order valence-corrected chi connectivity index (χ4v) is 0.927. The van der Waals surface area contributed by atoms with Crippen molar-refractivity contribution < 1.29 is 13.6 Å². The molecule has 0 aliphatic rings. The van der Waals surface area contributed by atoms with Gasteiger partial charge in [-0.25, -0.2) is 0 Å². The number of hydrogen-bond acceptors (Lipinski definition) is 2. The van der Waals surface area contributed by atoms with Crippen LogP contribution in [0.25, 0.3) is 0 Å². The van der Waals surface area contributed by atoms with E-state index in [1.54, 1.807) is 6.92 Å². The second-order valence-electron chi connectivity index (χ2n) is 3.33. The van der Waals surface area contributed by atoms with Crippen LogP contribution < -0.4 is 0 Å². The third-order valence-corrected chi connectivity index (χ3v) is 1.95. The van der Waals surface area contributed by atoms with Crippen molar-refractivity contribution in [2.45, 2.75) is 52.8 Å². The summed E-state index contributed by atoms with van der Waals surface area (Å²) in [7, 11) is 0. The van der Waals surface area contributed by atoms with Crippen molar-refractivity contribution in [1.82, 2.24) is 0 Å². The minimum atomic E-state index is -2.05. The highest BCUT2D eigenvalue weighted by atomic mass is 16.5. The minimum absolute atomic E-state index is 0.110. The molecule has 0 radical (unpaired) electrons. The molecule has 0 amide bonds. The third kappa shape index (κ3) is 6.62. The lowest BCUT2D eigenvalue weighted by Gasteiger charge is -2.08. The largest absolute Gasteiger partial charge is 0.465 e. The van der Waals surface area contributed by atoms with Crippen LogP contribution in [-0.2, 0) is 9.53 Å². The summed E-state index contributed by atoms with van der Waals surface area (Å²) in [5.74, 6) is -0.939. The number of esters is 1. The molecule has 13 heavy (non-hydrogen) atoms. The van der Waals surface area contributed by atoms with E-state index in [1.165, 1.54) is 0 Å². The Morgan fingerprint density at radius 3 is 2.85 bits per heavy atom. The quantitative estimate of drug-likeness (QED) is 0.454. The number of carbonyl (C=O) groups is 1. The molecule has 0 saturated heterocycles. The second kappa shape index (κ2) is 8.09. The smallest absolute Gasteiger partial charge is 0.308 e. The van der Waals surface area contributed by atoms with Crippen LogP contribution in [0.3, 0.4) is 0 Å². The molecule has 0 N–H and O–H groups in total. The molecule has 0 aromatic carbocycles. The summed E-state index contributed by atoms with van der Waals surface area (Å²) in [6, 6.07) is 0. The molecule has 0 saturated carbocycles. The van der Waals surface area contributed by atoms with Gasteiger partial charge in [0.1, 0.15) is 0 Å². The van der Waals surface area contributed by atoms with Gasteiger partial charge in [-0.15, -0.1) is 0 Å². The Morgan fingerprint density at radius 1 is 1.46 bits per heavy atom. The molecule has 0 aromatic heterocycles. The van der Waals surface area contributed by atoms with Crippen molar-refractivity contribution in [2.75, 3.05) is 6.61 Å². The van der Waals surface area contributed by atoms with E-state index in [9.17, 15) is 4.79 Å². The lowest BCUT2D eigenvalue weighted by molar-refractivity contribution is -0.148. The highest BCUT2D eigenvalue weighted by molar-refractivity contribution is 5.71. The molecule has 0 rings (SSSR count). The van der Waals surface area contributed by atoms with Gasteiger partial charge < -0.3 is 4.74 Å². The summed E-state index contributed by atoms with van der Waals surface area (Å²) in [6.45, 7) is 2.07. The van der Waals surface area contributed by atoms with Crippen LogP contribution >= 0.6 is 0 Å². The van der Waals surface area contributed by atoms with Crippen molar-refractivity contribution in [3.63, 3.8) is 0 Å². The number of carbonyl (C=O) groups excluding carboxylic acids is 1. The molecule has 0 bridgehead atoms. The average molecular weight is 189 g/mol. The van der Waals surface area contributed by atoms with Gasteiger partial charge in [0.15, 0.2) is 0 Å². The summed E-state index contributed by atoms with van der Waals surface area (Å²) < 4.78 is 26.2. The number of unbranched alkanes of at least 4 members (excludes halogenated alkanes) is 3. The van der Waals surface area contributed by atoms with Crippen LogP contribution in [0.2, 0.25) is 0 Å². The lowest BCUT2D eigenvalue weighted by Crippen LogP contribution is -2.14. The van der Waals surface area contributed by atoms with Gasteiger partial charge in [0.25, 0.3) is 0 Å². The first-order valence-corrected chi connectivity index (χ1v) is 5.03. The maximum absolute atomic E-state index is 11.4. The molecule has 2 nitrogen and oxygen atoms in total. The lowest BCUT2D eigenvalue weighted by atomic mass is 10.1. The molecule has 0 aliphatic carbocycles.